The lowest BCUT2D eigenvalue weighted by atomic mass is 10.1. The van der Waals surface area contributed by atoms with Gasteiger partial charge in [0.2, 0.25) is 5.91 Å². The number of hydrogen-bond acceptors (Lipinski definition) is 3. The molecule has 6 heteroatoms. The van der Waals surface area contributed by atoms with Crippen LogP contribution in [-0.2, 0) is 22.6 Å². The Balaban J connectivity index is 2.49. The van der Waals surface area contributed by atoms with Gasteiger partial charge in [-0.25, -0.2) is 4.79 Å². The first kappa shape index (κ1) is 17.7. The molecule has 0 unspecified atom stereocenters. The third-order valence-corrected chi connectivity index (χ3v) is 3.13. The van der Waals surface area contributed by atoms with Gasteiger partial charge in [-0.1, -0.05) is 46.9 Å². The van der Waals surface area contributed by atoms with Gasteiger partial charge in [-0.15, -0.1) is 0 Å². The first-order valence-corrected chi connectivity index (χ1v) is 8.20. The van der Waals surface area contributed by atoms with E-state index in [1.807, 2.05) is 67.6 Å². The van der Waals surface area contributed by atoms with E-state index in [-0.39, 0.29) is 5.91 Å². The van der Waals surface area contributed by atoms with Crippen molar-refractivity contribution in [1.82, 2.24) is 10.6 Å². The number of nitrogens with one attached hydrogen (secondary N) is 2. The van der Waals surface area contributed by atoms with Crippen LogP contribution in [0.1, 0.15) is 31.9 Å². The lowest BCUT2D eigenvalue weighted by Crippen LogP contribution is -2.32. The van der Waals surface area contributed by atoms with Crippen LogP contribution in [0.3, 0.4) is 0 Å². The van der Waals surface area contributed by atoms with Gasteiger partial charge in [0.25, 0.3) is 0 Å². The van der Waals surface area contributed by atoms with E-state index in [2.05, 4.69) is 10.6 Å². The Labute approximate surface area is 139 Å². The van der Waals surface area contributed by atoms with Gasteiger partial charge in [-0.05, 0) is 31.9 Å². The molecule has 0 saturated heterocycles. The zero-order valence-electron chi connectivity index (χ0n) is 12.5. The summed E-state index contributed by atoms with van der Waals surface area (Å²) in [6.45, 7) is 6.35. The second-order valence-corrected chi connectivity index (χ2v) is 6.35. The van der Waals surface area contributed by atoms with Crippen LogP contribution < -0.4 is 10.6 Å². The highest BCUT2D eigenvalue weighted by Crippen LogP contribution is 2.08. The molecule has 0 bridgehead atoms. The smallest absolute Gasteiger partial charge is 0.407 e. The van der Waals surface area contributed by atoms with Gasteiger partial charge in [0, 0.05) is 13.1 Å². The molecular weight excluding hydrogens is 383 g/mol. The van der Waals surface area contributed by atoms with E-state index in [1.165, 1.54) is 0 Å². The molecule has 5 nitrogen and oxygen atoms in total. The largest absolute Gasteiger partial charge is 0.444 e. The molecule has 0 heterocycles. The molecule has 2 N–H and O–H groups in total. The maximum Gasteiger partial charge on any atom is 0.407 e. The summed E-state index contributed by atoms with van der Waals surface area (Å²) < 4.78 is 5.62. The monoisotopic (exact) mass is 404 g/mol. The number of halogens is 1. The van der Waals surface area contributed by atoms with Crippen molar-refractivity contribution in [2.45, 2.75) is 39.5 Å². The second-order valence-electron chi connectivity index (χ2n) is 5.59. The molecule has 0 saturated carbocycles. The maximum atomic E-state index is 11.6. The Kier molecular flexibility index (Phi) is 6.94. The number of alkyl halides is 1. The molecule has 2 amide bonds. The summed E-state index contributed by atoms with van der Waals surface area (Å²) in [5.41, 5.74) is 1.45. The lowest BCUT2D eigenvalue weighted by Gasteiger charge is -2.19. The van der Waals surface area contributed by atoms with Gasteiger partial charge in [0.15, 0.2) is 0 Å². The fraction of sp³-hybridized carbons (Fsp3) is 0.467. The minimum absolute atomic E-state index is 0.00730. The van der Waals surface area contributed by atoms with E-state index in [0.29, 0.717) is 17.5 Å². The van der Waals surface area contributed by atoms with Gasteiger partial charge >= 0.3 is 6.09 Å². The van der Waals surface area contributed by atoms with Crippen molar-refractivity contribution in [1.29, 1.82) is 0 Å². The van der Waals surface area contributed by atoms with Crippen molar-refractivity contribution in [3.63, 3.8) is 0 Å². The van der Waals surface area contributed by atoms with E-state index in [4.69, 9.17) is 4.74 Å². The van der Waals surface area contributed by atoms with Gasteiger partial charge in [-0.2, -0.15) is 0 Å². The Bertz CT molecular complexity index is 498. The molecule has 1 rings (SSSR count). The fourth-order valence-electron chi connectivity index (χ4n) is 1.59. The molecular formula is C15H21IN2O3. The molecule has 0 fully saturated rings. The molecule has 116 valence electrons. The summed E-state index contributed by atoms with van der Waals surface area (Å²) >= 11 is 2.02. The SMILES string of the molecule is CC(C)(C)OC(=O)NCc1cccc(CNC(=O)CI)c1. The molecule has 0 aromatic heterocycles. The molecule has 21 heavy (non-hydrogen) atoms. The van der Waals surface area contributed by atoms with Crippen molar-refractivity contribution in [2.24, 2.45) is 0 Å². The Hall–Kier alpha value is -1.31. The van der Waals surface area contributed by atoms with Gasteiger partial charge in [-0.3, -0.25) is 4.79 Å². The summed E-state index contributed by atoms with van der Waals surface area (Å²) in [6.07, 6.45) is -0.439. The van der Waals surface area contributed by atoms with Crippen LogP contribution in [0.15, 0.2) is 24.3 Å². The fourth-order valence-corrected chi connectivity index (χ4v) is 1.86. The van der Waals surface area contributed by atoms with Crippen molar-refractivity contribution in [3.05, 3.63) is 35.4 Å². The molecule has 0 aliphatic rings. The molecule has 1 aromatic carbocycles. The number of ether oxygens (including phenoxy) is 1. The van der Waals surface area contributed by atoms with Crippen LogP contribution in [0.4, 0.5) is 4.79 Å². The highest BCUT2D eigenvalue weighted by molar-refractivity contribution is 14.1. The van der Waals surface area contributed by atoms with Crippen molar-refractivity contribution >= 4 is 34.6 Å². The lowest BCUT2D eigenvalue weighted by molar-refractivity contribution is -0.118. The van der Waals surface area contributed by atoms with Crippen LogP contribution in [0, 0.1) is 0 Å². The van der Waals surface area contributed by atoms with E-state index >= 15 is 0 Å². The molecule has 0 radical (unpaired) electrons. The molecule has 0 spiro atoms. The molecule has 0 aliphatic heterocycles. The van der Waals surface area contributed by atoms with Crippen LogP contribution in [0.2, 0.25) is 0 Å². The standard InChI is InChI=1S/C15H21IN2O3/c1-15(2,3)21-14(20)18-10-12-6-4-5-11(7-12)9-17-13(19)8-16/h4-7H,8-10H2,1-3H3,(H,17,19)(H,18,20). The zero-order valence-corrected chi connectivity index (χ0v) is 14.7. The van der Waals surface area contributed by atoms with Crippen LogP contribution in [-0.4, -0.2) is 22.0 Å². The van der Waals surface area contributed by atoms with Gasteiger partial charge in [0.1, 0.15) is 5.60 Å². The third-order valence-electron chi connectivity index (χ3n) is 2.44. The van der Waals surface area contributed by atoms with Crippen LogP contribution in [0.25, 0.3) is 0 Å². The normalized spacial score (nSPS) is 10.9. The number of benzene rings is 1. The van der Waals surface area contributed by atoms with Crippen molar-refractivity contribution < 1.29 is 14.3 Å². The van der Waals surface area contributed by atoms with Gasteiger partial charge in [0.05, 0.1) is 4.43 Å². The topological polar surface area (TPSA) is 67.4 Å². The third kappa shape index (κ3) is 7.89. The van der Waals surface area contributed by atoms with Crippen LogP contribution >= 0.6 is 22.6 Å². The number of hydrogen-bond donors (Lipinski definition) is 2. The van der Waals surface area contributed by atoms with Crippen molar-refractivity contribution in [3.8, 4) is 0 Å². The highest BCUT2D eigenvalue weighted by Gasteiger charge is 2.15. The number of rotatable bonds is 5. The second kappa shape index (κ2) is 8.21. The van der Waals surface area contributed by atoms with Crippen molar-refractivity contribution in [2.75, 3.05) is 4.43 Å². The minimum Gasteiger partial charge on any atom is -0.444 e. The van der Waals surface area contributed by atoms with E-state index in [9.17, 15) is 9.59 Å². The van der Waals surface area contributed by atoms with E-state index in [1.54, 1.807) is 0 Å². The van der Waals surface area contributed by atoms with E-state index < -0.39 is 11.7 Å². The Morgan fingerprint density at radius 3 is 2.24 bits per heavy atom. The first-order valence-electron chi connectivity index (χ1n) is 6.67. The quantitative estimate of drug-likeness (QED) is 0.586. The van der Waals surface area contributed by atoms with E-state index in [0.717, 1.165) is 11.1 Å². The average Bonchev–Trinajstić information content (AvgIpc) is 2.41. The maximum absolute atomic E-state index is 11.6. The summed E-state index contributed by atoms with van der Waals surface area (Å²) in [7, 11) is 0. The highest BCUT2D eigenvalue weighted by atomic mass is 127. The van der Waals surface area contributed by atoms with Gasteiger partial charge < -0.3 is 15.4 Å². The number of alkyl carbamates (subject to hydrolysis) is 1. The number of carbonyl (C=O) groups is 2. The summed E-state index contributed by atoms with van der Waals surface area (Å²) in [6, 6.07) is 7.70. The van der Waals surface area contributed by atoms with Crippen LogP contribution in [0.5, 0.6) is 0 Å². The number of carbonyl (C=O) groups excluding carboxylic acids is 2. The Morgan fingerprint density at radius 2 is 1.71 bits per heavy atom. The summed E-state index contributed by atoms with van der Waals surface area (Å²) in [5.74, 6) is 0.00730. The predicted octanol–water partition coefficient (Wildman–Crippen LogP) is 2.76. The zero-order chi connectivity index (χ0) is 15.9. The molecule has 1 aromatic rings. The average molecular weight is 404 g/mol. The summed E-state index contributed by atoms with van der Waals surface area (Å²) in [4.78, 5) is 22.8. The number of amides is 2. The Morgan fingerprint density at radius 1 is 1.14 bits per heavy atom. The predicted molar refractivity (Wildman–Crippen MR) is 90.2 cm³/mol. The molecule has 0 atom stereocenters. The first-order chi connectivity index (χ1) is 9.80. The minimum atomic E-state index is -0.504. The summed E-state index contributed by atoms with van der Waals surface area (Å²) in [5, 5.41) is 5.52. The molecule has 0 aliphatic carbocycles.